The SMILES string of the molecule is Cc1ccc(SCCCN(C)C(=O)[C@H]2CCCN2)cc1. The largest absolute Gasteiger partial charge is 0.344 e. The van der Waals surface area contributed by atoms with Crippen molar-refractivity contribution < 1.29 is 4.79 Å². The Balaban J connectivity index is 1.65. The highest BCUT2D eigenvalue weighted by Gasteiger charge is 2.24. The Hall–Kier alpha value is -1.00. The predicted molar refractivity (Wildman–Crippen MR) is 85.2 cm³/mol. The highest BCUT2D eigenvalue weighted by atomic mass is 32.2. The van der Waals surface area contributed by atoms with Crippen LogP contribution in [0.4, 0.5) is 0 Å². The van der Waals surface area contributed by atoms with Crippen LogP contribution in [0.1, 0.15) is 24.8 Å². The summed E-state index contributed by atoms with van der Waals surface area (Å²) in [6.45, 7) is 3.93. The summed E-state index contributed by atoms with van der Waals surface area (Å²) in [4.78, 5) is 15.3. The van der Waals surface area contributed by atoms with Gasteiger partial charge in [0.2, 0.25) is 5.91 Å². The van der Waals surface area contributed by atoms with E-state index in [1.165, 1.54) is 10.5 Å². The molecule has 0 aliphatic carbocycles. The minimum Gasteiger partial charge on any atom is -0.344 e. The van der Waals surface area contributed by atoms with Crippen molar-refractivity contribution in [3.05, 3.63) is 29.8 Å². The van der Waals surface area contributed by atoms with Gasteiger partial charge in [0.15, 0.2) is 0 Å². The molecule has 20 heavy (non-hydrogen) atoms. The van der Waals surface area contributed by atoms with Gasteiger partial charge in [-0.25, -0.2) is 0 Å². The fourth-order valence-corrected chi connectivity index (χ4v) is 3.24. The molecule has 1 heterocycles. The lowest BCUT2D eigenvalue weighted by Crippen LogP contribution is -2.42. The normalized spacial score (nSPS) is 18.2. The van der Waals surface area contributed by atoms with E-state index in [2.05, 4.69) is 36.5 Å². The second-order valence-electron chi connectivity index (χ2n) is 5.42. The van der Waals surface area contributed by atoms with E-state index in [1.807, 2.05) is 23.7 Å². The Morgan fingerprint density at radius 1 is 1.40 bits per heavy atom. The van der Waals surface area contributed by atoms with E-state index in [0.29, 0.717) is 0 Å². The maximum atomic E-state index is 12.1. The lowest BCUT2D eigenvalue weighted by atomic mass is 10.2. The number of likely N-dealkylation sites (N-methyl/N-ethyl adjacent to an activating group) is 1. The molecule has 1 atom stereocenters. The van der Waals surface area contributed by atoms with E-state index in [1.54, 1.807) is 0 Å². The molecule has 1 aliphatic rings. The number of hydrogen-bond donors (Lipinski definition) is 1. The minimum atomic E-state index is 0.0600. The first-order valence-electron chi connectivity index (χ1n) is 7.34. The van der Waals surface area contributed by atoms with Gasteiger partial charge in [0.05, 0.1) is 6.04 Å². The monoisotopic (exact) mass is 292 g/mol. The molecule has 1 aliphatic heterocycles. The van der Waals surface area contributed by atoms with Crippen LogP contribution >= 0.6 is 11.8 Å². The van der Waals surface area contributed by atoms with Gasteiger partial charge in [-0.15, -0.1) is 11.8 Å². The first kappa shape index (κ1) is 15.4. The number of benzene rings is 1. The average molecular weight is 292 g/mol. The van der Waals surface area contributed by atoms with Gasteiger partial charge in [0, 0.05) is 18.5 Å². The third kappa shape index (κ3) is 4.53. The number of nitrogens with zero attached hydrogens (tertiary/aromatic N) is 1. The Morgan fingerprint density at radius 3 is 2.80 bits per heavy atom. The Kier molecular flexibility index (Phi) is 5.92. The first-order valence-corrected chi connectivity index (χ1v) is 8.33. The number of aryl methyl sites for hydroxylation is 1. The number of carbonyl (C=O) groups is 1. The number of amides is 1. The lowest BCUT2D eigenvalue weighted by molar-refractivity contribution is -0.131. The van der Waals surface area contributed by atoms with Crippen LogP contribution in [0.25, 0.3) is 0 Å². The van der Waals surface area contributed by atoms with Crippen LogP contribution in [0.15, 0.2) is 29.2 Å². The van der Waals surface area contributed by atoms with Crippen molar-refractivity contribution >= 4 is 17.7 Å². The molecule has 1 aromatic carbocycles. The van der Waals surface area contributed by atoms with Crippen molar-refractivity contribution in [1.82, 2.24) is 10.2 Å². The summed E-state index contributed by atoms with van der Waals surface area (Å²) < 4.78 is 0. The summed E-state index contributed by atoms with van der Waals surface area (Å²) in [5, 5.41) is 3.26. The van der Waals surface area contributed by atoms with Crippen LogP contribution in [-0.4, -0.2) is 42.7 Å². The summed E-state index contributed by atoms with van der Waals surface area (Å²) in [5.74, 6) is 1.31. The fraction of sp³-hybridized carbons (Fsp3) is 0.562. The van der Waals surface area contributed by atoms with Crippen LogP contribution in [-0.2, 0) is 4.79 Å². The van der Waals surface area contributed by atoms with E-state index in [0.717, 1.165) is 38.1 Å². The summed E-state index contributed by atoms with van der Waals surface area (Å²) in [5.41, 5.74) is 1.30. The van der Waals surface area contributed by atoms with Gasteiger partial charge < -0.3 is 10.2 Å². The Labute approximate surface area is 126 Å². The first-order chi connectivity index (χ1) is 9.66. The van der Waals surface area contributed by atoms with E-state index in [4.69, 9.17) is 0 Å². The van der Waals surface area contributed by atoms with Crippen LogP contribution < -0.4 is 5.32 Å². The van der Waals surface area contributed by atoms with Gasteiger partial charge >= 0.3 is 0 Å². The quantitative estimate of drug-likeness (QED) is 0.646. The zero-order valence-electron chi connectivity index (χ0n) is 12.4. The summed E-state index contributed by atoms with van der Waals surface area (Å²) in [7, 11) is 1.92. The fourth-order valence-electron chi connectivity index (χ4n) is 2.40. The second-order valence-corrected chi connectivity index (χ2v) is 6.59. The van der Waals surface area contributed by atoms with Crippen LogP contribution in [0.5, 0.6) is 0 Å². The third-order valence-corrected chi connectivity index (χ3v) is 4.76. The average Bonchev–Trinajstić information content (AvgIpc) is 2.98. The molecule has 0 unspecified atom stereocenters. The van der Waals surface area contributed by atoms with Crippen molar-refractivity contribution in [3.63, 3.8) is 0 Å². The summed E-state index contributed by atoms with van der Waals surface area (Å²) in [6, 6.07) is 8.67. The number of nitrogens with one attached hydrogen (secondary N) is 1. The topological polar surface area (TPSA) is 32.3 Å². The maximum absolute atomic E-state index is 12.1. The molecule has 110 valence electrons. The molecule has 1 fully saturated rings. The number of thioether (sulfide) groups is 1. The molecule has 1 saturated heterocycles. The van der Waals surface area contributed by atoms with Crippen molar-refractivity contribution in [3.8, 4) is 0 Å². The zero-order valence-corrected chi connectivity index (χ0v) is 13.2. The van der Waals surface area contributed by atoms with Gasteiger partial charge in [-0.2, -0.15) is 0 Å². The molecule has 3 nitrogen and oxygen atoms in total. The number of rotatable bonds is 6. The van der Waals surface area contributed by atoms with Gasteiger partial charge in [0.25, 0.3) is 0 Å². The Bertz CT molecular complexity index is 427. The van der Waals surface area contributed by atoms with Gasteiger partial charge in [-0.3, -0.25) is 4.79 Å². The van der Waals surface area contributed by atoms with Crippen LogP contribution in [0.3, 0.4) is 0 Å². The number of carbonyl (C=O) groups excluding carboxylic acids is 1. The molecule has 4 heteroatoms. The summed E-state index contributed by atoms with van der Waals surface area (Å²) >= 11 is 1.86. The lowest BCUT2D eigenvalue weighted by Gasteiger charge is -2.21. The van der Waals surface area contributed by atoms with E-state index >= 15 is 0 Å². The molecule has 2 rings (SSSR count). The smallest absolute Gasteiger partial charge is 0.239 e. The third-order valence-electron chi connectivity index (χ3n) is 3.66. The number of hydrogen-bond acceptors (Lipinski definition) is 3. The predicted octanol–water partition coefficient (Wildman–Crippen LogP) is 2.69. The van der Waals surface area contributed by atoms with Crippen molar-refractivity contribution in [1.29, 1.82) is 0 Å². The standard InChI is InChI=1S/C16H24N2OS/c1-13-6-8-14(9-7-13)20-12-4-11-18(2)16(19)15-5-3-10-17-15/h6-9,15,17H,3-5,10-12H2,1-2H3/t15-/m1/s1. The molecular formula is C16H24N2OS. The molecule has 0 spiro atoms. The molecule has 0 saturated carbocycles. The zero-order chi connectivity index (χ0) is 14.4. The molecular weight excluding hydrogens is 268 g/mol. The van der Waals surface area contributed by atoms with Crippen LogP contribution in [0.2, 0.25) is 0 Å². The molecule has 1 N–H and O–H groups in total. The second kappa shape index (κ2) is 7.70. The van der Waals surface area contributed by atoms with Crippen LogP contribution in [0, 0.1) is 6.92 Å². The minimum absolute atomic E-state index is 0.0600. The van der Waals surface area contributed by atoms with Crippen molar-refractivity contribution in [2.75, 3.05) is 25.9 Å². The molecule has 1 aromatic rings. The van der Waals surface area contributed by atoms with Gasteiger partial charge in [0.1, 0.15) is 0 Å². The van der Waals surface area contributed by atoms with Crippen molar-refractivity contribution in [2.45, 2.75) is 37.1 Å². The molecule has 0 bridgehead atoms. The maximum Gasteiger partial charge on any atom is 0.239 e. The van der Waals surface area contributed by atoms with E-state index in [-0.39, 0.29) is 11.9 Å². The van der Waals surface area contributed by atoms with E-state index in [9.17, 15) is 4.79 Å². The highest BCUT2D eigenvalue weighted by Crippen LogP contribution is 2.19. The van der Waals surface area contributed by atoms with Gasteiger partial charge in [-0.05, 0) is 50.6 Å². The van der Waals surface area contributed by atoms with Gasteiger partial charge in [-0.1, -0.05) is 17.7 Å². The van der Waals surface area contributed by atoms with Crippen molar-refractivity contribution in [2.24, 2.45) is 0 Å². The highest BCUT2D eigenvalue weighted by molar-refractivity contribution is 7.99. The van der Waals surface area contributed by atoms with E-state index < -0.39 is 0 Å². The molecule has 1 amide bonds. The molecule has 0 radical (unpaired) electrons. The summed E-state index contributed by atoms with van der Waals surface area (Å²) in [6.07, 6.45) is 3.14. The Morgan fingerprint density at radius 2 is 2.15 bits per heavy atom. The molecule has 0 aromatic heterocycles.